The quantitative estimate of drug-likeness (QED) is 0.192. The van der Waals surface area contributed by atoms with E-state index in [-0.39, 0.29) is 5.54 Å². The number of piperidine rings is 1. The molecule has 4 aliphatic carbocycles. The van der Waals surface area contributed by atoms with Gasteiger partial charge >= 0.3 is 5.97 Å². The van der Waals surface area contributed by atoms with Gasteiger partial charge < -0.3 is 15.3 Å². The number of nitrogens with zero attached hydrogens (tertiary/aromatic N) is 2. The number of rotatable bonds is 9. The highest BCUT2D eigenvalue weighted by molar-refractivity contribution is 7.85. The molecule has 314 valence electrons. The van der Waals surface area contributed by atoms with Gasteiger partial charge in [-0.1, -0.05) is 73.1 Å². The van der Waals surface area contributed by atoms with Crippen molar-refractivity contribution in [2.45, 2.75) is 152 Å². The van der Waals surface area contributed by atoms with E-state index < -0.39 is 16.8 Å². The number of benzene rings is 1. The van der Waals surface area contributed by atoms with Crippen LogP contribution in [0.15, 0.2) is 36.9 Å². The Labute approximate surface area is 340 Å². The molecule has 0 spiro atoms. The largest absolute Gasteiger partial charge is 0.478 e. The molecule has 2 aliphatic heterocycles. The lowest BCUT2D eigenvalue weighted by atomic mass is 9.33. The molecule has 1 aromatic rings. The van der Waals surface area contributed by atoms with E-state index in [0.29, 0.717) is 33.1 Å². The number of aromatic carboxylic acids is 1. The van der Waals surface area contributed by atoms with Crippen molar-refractivity contribution in [1.29, 1.82) is 0 Å². The molecule has 0 bridgehead atoms. The van der Waals surface area contributed by atoms with E-state index in [2.05, 4.69) is 56.3 Å². The Balaban J connectivity index is 0.000000904. The summed E-state index contributed by atoms with van der Waals surface area (Å²) in [7, 11) is -0.582. The summed E-state index contributed by atoms with van der Waals surface area (Å²) in [6.45, 7) is 34.1. The van der Waals surface area contributed by atoms with Crippen molar-refractivity contribution in [3.05, 3.63) is 48.0 Å². The van der Waals surface area contributed by atoms with Gasteiger partial charge in [-0.3, -0.25) is 9.11 Å². The van der Waals surface area contributed by atoms with Crippen LogP contribution in [-0.2, 0) is 17.3 Å². The summed E-state index contributed by atoms with van der Waals surface area (Å²) in [4.78, 5) is 16.7. The molecule has 1 aromatic carbocycles. The first-order chi connectivity index (χ1) is 26.2. The van der Waals surface area contributed by atoms with Crippen LogP contribution in [0, 0.1) is 45.3 Å². The van der Waals surface area contributed by atoms with E-state index in [1.807, 2.05) is 46.8 Å². The average molecular weight is 782 g/mol. The molecule has 2 saturated heterocycles. The Hall–Kier alpha value is -1.54. The molecule has 8 atom stereocenters. The number of carboxylic acids is 1. The molecule has 6 fully saturated rings. The van der Waals surface area contributed by atoms with Crippen LogP contribution in [0.1, 0.15) is 156 Å². The molecule has 2 heterocycles. The molecular formula is C48H83N3O3S. The zero-order chi connectivity index (χ0) is 40.7. The van der Waals surface area contributed by atoms with Crippen LogP contribution in [0.3, 0.4) is 0 Å². The second-order valence-electron chi connectivity index (χ2n) is 19.0. The van der Waals surface area contributed by atoms with E-state index in [9.17, 15) is 14.1 Å². The highest BCUT2D eigenvalue weighted by Gasteiger charge is 2.69. The maximum Gasteiger partial charge on any atom is 0.335 e. The SMILES string of the molecule is C=CC.CC.CC.CC12CCN(Cc3ccc(C(=O)O)cc3)C(C)(C)C1CCC1(C)C2CCC2C3CCCC3(CNCCCN3CCS(=O)CC3)CC[C@]21C. The van der Waals surface area contributed by atoms with E-state index in [1.165, 1.54) is 82.7 Å². The van der Waals surface area contributed by atoms with Crippen molar-refractivity contribution in [2.75, 3.05) is 50.8 Å². The maximum absolute atomic E-state index is 11.7. The fourth-order valence-electron chi connectivity index (χ4n) is 13.7. The van der Waals surface area contributed by atoms with Gasteiger partial charge in [-0.2, -0.15) is 0 Å². The first kappa shape index (κ1) is 46.2. The van der Waals surface area contributed by atoms with Crippen molar-refractivity contribution in [2.24, 2.45) is 45.3 Å². The van der Waals surface area contributed by atoms with Crippen LogP contribution in [0.4, 0.5) is 0 Å². The number of nitrogens with one attached hydrogen (secondary N) is 1. The summed E-state index contributed by atoms with van der Waals surface area (Å²) >= 11 is 0. The number of hydrogen-bond donors (Lipinski definition) is 2. The third-order valence-corrected chi connectivity index (χ3v) is 17.8. The van der Waals surface area contributed by atoms with Crippen LogP contribution in [-0.4, -0.2) is 81.4 Å². The second-order valence-corrected chi connectivity index (χ2v) is 20.7. The predicted octanol–water partition coefficient (Wildman–Crippen LogP) is 10.7. The Morgan fingerprint density at radius 2 is 1.51 bits per heavy atom. The van der Waals surface area contributed by atoms with Crippen molar-refractivity contribution >= 4 is 16.8 Å². The summed E-state index contributed by atoms with van der Waals surface area (Å²) < 4.78 is 11.7. The fraction of sp³-hybridized carbons (Fsp3) is 0.812. The monoisotopic (exact) mass is 782 g/mol. The first-order valence-electron chi connectivity index (χ1n) is 22.7. The Morgan fingerprint density at radius 1 is 0.855 bits per heavy atom. The zero-order valence-corrected chi connectivity index (χ0v) is 37.9. The number of likely N-dealkylation sites (tertiary alicyclic amines) is 1. The number of fused-ring (bicyclic) bond motifs is 7. The smallest absolute Gasteiger partial charge is 0.335 e. The van der Waals surface area contributed by atoms with Crippen LogP contribution >= 0.6 is 0 Å². The van der Waals surface area contributed by atoms with Gasteiger partial charge in [-0.05, 0) is 168 Å². The zero-order valence-electron chi connectivity index (χ0n) is 37.1. The molecule has 7 unspecified atom stereocenters. The molecule has 2 N–H and O–H groups in total. The molecular weight excluding hydrogens is 699 g/mol. The molecule has 0 radical (unpaired) electrons. The third-order valence-electron chi connectivity index (χ3n) is 16.5. The molecule has 0 aromatic heterocycles. The number of hydrogen-bond acceptors (Lipinski definition) is 5. The minimum Gasteiger partial charge on any atom is -0.478 e. The molecule has 0 amide bonds. The molecule has 7 rings (SSSR count). The summed E-state index contributed by atoms with van der Waals surface area (Å²) in [5.41, 5.74) is 3.43. The Kier molecular flexibility index (Phi) is 16.3. The number of carboxylic acid groups (broad SMARTS) is 1. The van der Waals surface area contributed by atoms with Crippen LogP contribution in [0.5, 0.6) is 0 Å². The number of allylic oxidation sites excluding steroid dienone is 1. The minimum atomic E-state index is -0.849. The van der Waals surface area contributed by atoms with Crippen molar-refractivity contribution in [3.63, 3.8) is 0 Å². The van der Waals surface area contributed by atoms with Crippen molar-refractivity contribution in [1.82, 2.24) is 15.1 Å². The lowest BCUT2D eigenvalue weighted by Crippen LogP contribution is -2.69. The first-order valence-corrected chi connectivity index (χ1v) is 24.2. The topological polar surface area (TPSA) is 72.9 Å². The van der Waals surface area contributed by atoms with Gasteiger partial charge in [0.05, 0.1) is 5.56 Å². The Morgan fingerprint density at radius 3 is 2.15 bits per heavy atom. The second kappa shape index (κ2) is 19.5. The van der Waals surface area contributed by atoms with Crippen LogP contribution in [0.25, 0.3) is 0 Å². The van der Waals surface area contributed by atoms with Gasteiger partial charge in [-0.25, -0.2) is 4.79 Å². The Bertz CT molecular complexity index is 1410. The summed E-state index contributed by atoms with van der Waals surface area (Å²) in [5.74, 6) is 4.10. The van der Waals surface area contributed by atoms with E-state index in [1.54, 1.807) is 18.2 Å². The van der Waals surface area contributed by atoms with Gasteiger partial charge in [-0.15, -0.1) is 6.58 Å². The van der Waals surface area contributed by atoms with E-state index in [4.69, 9.17) is 0 Å². The summed E-state index contributed by atoms with van der Waals surface area (Å²) in [5, 5.41) is 13.4. The van der Waals surface area contributed by atoms with Crippen molar-refractivity contribution < 1.29 is 14.1 Å². The van der Waals surface area contributed by atoms with E-state index >= 15 is 0 Å². The van der Waals surface area contributed by atoms with Gasteiger partial charge in [0.1, 0.15) is 0 Å². The predicted molar refractivity (Wildman–Crippen MR) is 235 cm³/mol. The molecule has 55 heavy (non-hydrogen) atoms. The highest BCUT2D eigenvalue weighted by Crippen LogP contribution is 2.76. The van der Waals surface area contributed by atoms with E-state index in [0.717, 1.165) is 68.5 Å². The fourth-order valence-corrected chi connectivity index (χ4v) is 14.8. The maximum atomic E-state index is 11.7. The normalized spacial score (nSPS) is 36.8. The van der Waals surface area contributed by atoms with Crippen molar-refractivity contribution in [3.8, 4) is 0 Å². The molecule has 4 saturated carbocycles. The van der Waals surface area contributed by atoms with Gasteiger partial charge in [0.15, 0.2) is 0 Å². The van der Waals surface area contributed by atoms with Crippen LogP contribution in [0.2, 0.25) is 0 Å². The summed E-state index contributed by atoms with van der Waals surface area (Å²) in [6, 6.07) is 7.59. The minimum absolute atomic E-state index is 0.114. The van der Waals surface area contributed by atoms with Gasteiger partial charge in [0, 0.05) is 54.0 Å². The van der Waals surface area contributed by atoms with Gasteiger partial charge in [0.2, 0.25) is 0 Å². The van der Waals surface area contributed by atoms with Gasteiger partial charge in [0.25, 0.3) is 0 Å². The molecule has 6 aliphatic rings. The average Bonchev–Trinajstić information content (AvgIpc) is 3.60. The number of carbonyl (C=O) groups is 1. The molecule has 6 nitrogen and oxygen atoms in total. The lowest BCUT2D eigenvalue weighted by Gasteiger charge is -2.73. The molecule has 7 heteroatoms. The third kappa shape index (κ3) is 9.05. The highest BCUT2D eigenvalue weighted by atomic mass is 32.2. The summed E-state index contributed by atoms with van der Waals surface area (Å²) in [6.07, 6.45) is 16.9. The lowest BCUT2D eigenvalue weighted by molar-refractivity contribution is -0.240. The standard InChI is InChI=1S/C41H65N3O3S.C3H6.2C2H6/c1-37(2)34-15-17-40(5)35(38(34,3)20-23-44(37)28-30-9-11-31(12-10-30)36(45)46)14-13-32-33-8-6-16-41(33,19-18-39(32,40)4)29-42-21-7-22-43-24-26-48(47)27-25-43;1-3-2;2*1-2/h9-12,32-35,42H,6-8,13-29H2,1-5H3,(H,45,46);3H,1H2,2H3;2*1-2H3/t32?,33?,34?,35?,38?,39-,40?,41?;;;/m1.../s1. The van der Waals surface area contributed by atoms with Crippen LogP contribution < -0.4 is 5.32 Å².